The Morgan fingerprint density at radius 1 is 1.07 bits per heavy atom. The van der Waals surface area contributed by atoms with E-state index in [2.05, 4.69) is 4.90 Å². The summed E-state index contributed by atoms with van der Waals surface area (Å²) in [6.45, 7) is 3.58. The van der Waals surface area contributed by atoms with Gasteiger partial charge in [0.25, 0.3) is 0 Å². The van der Waals surface area contributed by atoms with Crippen molar-refractivity contribution in [3.8, 4) is 5.75 Å². The third-order valence-electron chi connectivity index (χ3n) is 4.78. The van der Waals surface area contributed by atoms with Crippen LogP contribution < -0.4 is 4.74 Å². The molecule has 0 bridgehead atoms. The van der Waals surface area contributed by atoms with Gasteiger partial charge in [-0.1, -0.05) is 23.2 Å². The van der Waals surface area contributed by atoms with Crippen molar-refractivity contribution in [3.05, 3.63) is 50.1 Å². The molecule has 2 aromatic rings. The average molecular weight is 441 g/mol. The number of methoxy groups -OCH3 is 1. The van der Waals surface area contributed by atoms with Crippen molar-refractivity contribution in [2.75, 3.05) is 33.3 Å². The monoisotopic (exact) mass is 440 g/mol. The lowest BCUT2D eigenvalue weighted by Crippen LogP contribution is -2.48. The van der Waals surface area contributed by atoms with Gasteiger partial charge in [-0.25, -0.2) is 0 Å². The lowest BCUT2D eigenvalue weighted by atomic mass is 10.1. The predicted octanol–water partition coefficient (Wildman–Crippen LogP) is 4.37. The van der Waals surface area contributed by atoms with Crippen molar-refractivity contribution in [2.24, 2.45) is 0 Å². The van der Waals surface area contributed by atoms with Crippen LogP contribution in [-0.4, -0.2) is 54.8 Å². The molecule has 0 atom stereocenters. The summed E-state index contributed by atoms with van der Waals surface area (Å²) >= 11 is 13.2. The molecule has 3 rings (SSSR count). The summed E-state index contributed by atoms with van der Waals surface area (Å²) in [5, 5.41) is 0.682. The Hall–Kier alpha value is -1.60. The molecule has 150 valence electrons. The molecule has 1 aliphatic heterocycles. The maximum absolute atomic E-state index is 12.4. The number of Topliss-reactive ketones (excluding diaryl/α,β-unsaturated/α-hetero) is 1. The fraction of sp³-hybridized carbons (Fsp3) is 0.400. The molecule has 1 aromatic heterocycles. The van der Waals surface area contributed by atoms with E-state index in [0.29, 0.717) is 27.3 Å². The van der Waals surface area contributed by atoms with E-state index in [4.69, 9.17) is 27.9 Å². The number of benzene rings is 1. The summed E-state index contributed by atoms with van der Waals surface area (Å²) in [6, 6.07) is 9.01. The van der Waals surface area contributed by atoms with Gasteiger partial charge >= 0.3 is 0 Å². The van der Waals surface area contributed by atoms with E-state index < -0.39 is 0 Å². The minimum atomic E-state index is -0.0306. The van der Waals surface area contributed by atoms with Crippen LogP contribution in [0.3, 0.4) is 0 Å². The van der Waals surface area contributed by atoms with Crippen LogP contribution in [0.5, 0.6) is 5.75 Å². The first-order valence-electron chi connectivity index (χ1n) is 9.07. The first kappa shape index (κ1) is 21.1. The van der Waals surface area contributed by atoms with Crippen LogP contribution in [0.1, 0.15) is 28.1 Å². The Labute approximate surface area is 178 Å². The number of nitrogens with zero attached hydrogens (tertiary/aromatic N) is 2. The lowest BCUT2D eigenvalue weighted by Gasteiger charge is -2.35. The largest absolute Gasteiger partial charge is 0.496 e. The van der Waals surface area contributed by atoms with E-state index in [9.17, 15) is 9.59 Å². The molecular formula is C20H22Cl2N2O3S. The molecule has 0 spiro atoms. The predicted molar refractivity (Wildman–Crippen MR) is 113 cm³/mol. The Kier molecular flexibility index (Phi) is 7.35. The highest BCUT2D eigenvalue weighted by Crippen LogP contribution is 2.25. The number of halogens is 2. The van der Waals surface area contributed by atoms with Gasteiger partial charge in [0.1, 0.15) is 5.75 Å². The highest BCUT2D eigenvalue weighted by atomic mass is 35.5. The molecule has 1 aromatic carbocycles. The first-order valence-corrected chi connectivity index (χ1v) is 10.6. The number of rotatable bonds is 7. The standard InChI is InChI=1S/C20H22Cl2N2O3S/c1-27-17-4-2-15(21)12-14(17)13-23-8-10-24(11-9-23)20(26)7-3-16(25)18-5-6-19(22)28-18/h2,4-6,12H,3,7-11,13H2,1H3. The van der Waals surface area contributed by atoms with Crippen LogP contribution >= 0.6 is 34.5 Å². The van der Waals surface area contributed by atoms with Gasteiger partial charge < -0.3 is 9.64 Å². The summed E-state index contributed by atoms with van der Waals surface area (Å²) in [4.78, 5) is 29.3. The molecule has 0 radical (unpaired) electrons. The first-order chi connectivity index (χ1) is 13.5. The highest BCUT2D eigenvalue weighted by Gasteiger charge is 2.22. The number of amides is 1. The van der Waals surface area contributed by atoms with Gasteiger partial charge in [0.15, 0.2) is 5.78 Å². The smallest absolute Gasteiger partial charge is 0.223 e. The molecule has 1 saturated heterocycles. The quantitative estimate of drug-likeness (QED) is 0.599. The Morgan fingerprint density at radius 3 is 2.46 bits per heavy atom. The van der Waals surface area contributed by atoms with Crippen molar-refractivity contribution in [1.29, 1.82) is 0 Å². The summed E-state index contributed by atoms with van der Waals surface area (Å²) < 4.78 is 5.99. The molecule has 1 fully saturated rings. The number of carbonyl (C=O) groups excluding carboxylic acids is 2. The van der Waals surface area contributed by atoms with E-state index in [0.717, 1.165) is 30.9 Å². The number of hydrogen-bond acceptors (Lipinski definition) is 5. The van der Waals surface area contributed by atoms with Crippen LogP contribution in [0.2, 0.25) is 9.36 Å². The SMILES string of the molecule is COc1ccc(Cl)cc1CN1CCN(C(=O)CCC(=O)c2ccc(Cl)s2)CC1. The Morgan fingerprint density at radius 2 is 1.82 bits per heavy atom. The van der Waals surface area contributed by atoms with E-state index >= 15 is 0 Å². The van der Waals surface area contributed by atoms with Gasteiger partial charge in [0.05, 0.1) is 16.3 Å². The van der Waals surface area contributed by atoms with E-state index in [1.54, 1.807) is 19.2 Å². The van der Waals surface area contributed by atoms with Crippen molar-refractivity contribution < 1.29 is 14.3 Å². The van der Waals surface area contributed by atoms with Crippen LogP contribution in [-0.2, 0) is 11.3 Å². The molecule has 1 amide bonds. The second kappa shape index (κ2) is 9.74. The highest BCUT2D eigenvalue weighted by molar-refractivity contribution is 7.18. The second-order valence-corrected chi connectivity index (χ2v) is 8.79. The number of hydrogen-bond donors (Lipinski definition) is 0. The number of piperazine rings is 1. The zero-order valence-corrected chi connectivity index (χ0v) is 17.9. The van der Waals surface area contributed by atoms with Crippen molar-refractivity contribution in [1.82, 2.24) is 9.80 Å². The summed E-state index contributed by atoms with van der Waals surface area (Å²) in [5.74, 6) is 0.808. The van der Waals surface area contributed by atoms with Crippen molar-refractivity contribution >= 4 is 46.2 Å². The molecule has 1 aliphatic rings. The van der Waals surface area contributed by atoms with E-state index in [1.165, 1.54) is 11.3 Å². The molecule has 5 nitrogen and oxygen atoms in total. The summed E-state index contributed by atoms with van der Waals surface area (Å²) in [7, 11) is 1.65. The van der Waals surface area contributed by atoms with Gasteiger partial charge in [-0.05, 0) is 30.3 Å². The maximum atomic E-state index is 12.4. The molecule has 8 heteroatoms. The summed E-state index contributed by atoms with van der Waals surface area (Å²) in [6.07, 6.45) is 0.450. The van der Waals surface area contributed by atoms with Crippen molar-refractivity contribution in [2.45, 2.75) is 19.4 Å². The van der Waals surface area contributed by atoms with Crippen LogP contribution in [0.25, 0.3) is 0 Å². The minimum absolute atomic E-state index is 0.0241. The van der Waals surface area contributed by atoms with Crippen LogP contribution in [0.4, 0.5) is 0 Å². The Balaban J connectivity index is 1.46. The van der Waals surface area contributed by atoms with Gasteiger partial charge in [-0.3, -0.25) is 14.5 Å². The number of thiophene rings is 1. The summed E-state index contributed by atoms with van der Waals surface area (Å²) in [5.41, 5.74) is 1.04. The molecular weight excluding hydrogens is 419 g/mol. The molecule has 28 heavy (non-hydrogen) atoms. The third kappa shape index (κ3) is 5.47. The van der Waals surface area contributed by atoms with Crippen LogP contribution in [0, 0.1) is 0 Å². The van der Waals surface area contributed by atoms with Gasteiger partial charge in [0.2, 0.25) is 5.91 Å². The van der Waals surface area contributed by atoms with Gasteiger partial charge in [0, 0.05) is 56.2 Å². The zero-order valence-electron chi connectivity index (χ0n) is 15.6. The number of ether oxygens (including phenoxy) is 1. The average Bonchev–Trinajstić information content (AvgIpc) is 3.13. The molecule has 0 saturated carbocycles. The fourth-order valence-corrected chi connectivity index (χ4v) is 4.44. The lowest BCUT2D eigenvalue weighted by molar-refractivity contribution is -0.133. The minimum Gasteiger partial charge on any atom is -0.496 e. The molecule has 0 N–H and O–H groups in total. The normalized spacial score (nSPS) is 14.9. The number of ketones is 1. The zero-order chi connectivity index (χ0) is 20.1. The molecule has 0 aliphatic carbocycles. The van der Waals surface area contributed by atoms with Gasteiger partial charge in [-0.2, -0.15) is 0 Å². The topological polar surface area (TPSA) is 49.9 Å². The Bertz CT molecular complexity index is 848. The van der Waals surface area contributed by atoms with E-state index in [1.807, 2.05) is 23.1 Å². The second-order valence-electron chi connectivity index (χ2n) is 6.64. The number of carbonyl (C=O) groups is 2. The molecule has 2 heterocycles. The van der Waals surface area contributed by atoms with Crippen LogP contribution in [0.15, 0.2) is 30.3 Å². The van der Waals surface area contributed by atoms with Gasteiger partial charge in [-0.15, -0.1) is 11.3 Å². The molecule has 0 unspecified atom stereocenters. The fourth-order valence-electron chi connectivity index (χ4n) is 3.23. The van der Waals surface area contributed by atoms with E-state index in [-0.39, 0.29) is 24.5 Å². The third-order valence-corrected chi connectivity index (χ3v) is 6.28. The van der Waals surface area contributed by atoms with Crippen molar-refractivity contribution in [3.63, 3.8) is 0 Å². The maximum Gasteiger partial charge on any atom is 0.223 e.